The van der Waals surface area contributed by atoms with Gasteiger partial charge in [0.15, 0.2) is 0 Å². The van der Waals surface area contributed by atoms with Crippen molar-refractivity contribution in [3.63, 3.8) is 0 Å². The number of aryl methyl sites for hydroxylation is 1. The molecule has 0 saturated carbocycles. The van der Waals surface area contributed by atoms with Crippen molar-refractivity contribution in [1.82, 2.24) is 9.55 Å². The molecule has 3 nitrogen and oxygen atoms in total. The summed E-state index contributed by atoms with van der Waals surface area (Å²) in [4.78, 5) is 4.11. The Kier molecular flexibility index (Phi) is 5.86. The van der Waals surface area contributed by atoms with Crippen LogP contribution in [0.5, 0.6) is 0 Å². The molecule has 5 heteroatoms. The molecule has 0 fully saturated rings. The highest BCUT2D eigenvalue weighted by atomic mass is 35.5. The molecule has 3 rings (SSSR count). The van der Waals surface area contributed by atoms with Gasteiger partial charge in [0, 0.05) is 24.0 Å². The van der Waals surface area contributed by atoms with Crippen LogP contribution < -0.4 is 0 Å². The molecule has 0 saturated heterocycles. The maximum absolute atomic E-state index is 6.14. The van der Waals surface area contributed by atoms with E-state index in [1.54, 1.807) is 17.5 Å². The van der Waals surface area contributed by atoms with E-state index in [1.165, 1.54) is 11.1 Å². The Morgan fingerprint density at radius 2 is 2.04 bits per heavy atom. The topological polar surface area (TPSA) is 27.1 Å². The third-order valence-electron chi connectivity index (χ3n) is 3.71. The molecule has 3 aromatic rings. The van der Waals surface area contributed by atoms with Gasteiger partial charge in [0.25, 0.3) is 0 Å². The molecule has 0 aliphatic heterocycles. The van der Waals surface area contributed by atoms with E-state index in [9.17, 15) is 0 Å². The van der Waals surface area contributed by atoms with E-state index in [2.05, 4.69) is 38.5 Å². The smallest absolute Gasteiger partial charge is 0.0946 e. The van der Waals surface area contributed by atoms with Gasteiger partial charge in [-0.1, -0.05) is 23.7 Å². The van der Waals surface area contributed by atoms with Crippen LogP contribution in [0, 0.1) is 0 Å². The molecule has 0 radical (unpaired) electrons. The zero-order valence-corrected chi connectivity index (χ0v) is 14.3. The quantitative estimate of drug-likeness (QED) is 0.585. The molecule has 1 atom stereocenters. The molecule has 0 bridgehead atoms. The van der Waals surface area contributed by atoms with Crippen molar-refractivity contribution in [2.45, 2.75) is 32.1 Å². The number of benzene rings is 1. The van der Waals surface area contributed by atoms with Crippen LogP contribution in [0.4, 0.5) is 0 Å². The Balaban J connectivity index is 1.58. The predicted molar refractivity (Wildman–Crippen MR) is 94.9 cm³/mol. The second kappa shape index (κ2) is 8.29. The summed E-state index contributed by atoms with van der Waals surface area (Å²) in [7, 11) is 0. The molecule has 1 unspecified atom stereocenters. The van der Waals surface area contributed by atoms with Crippen LogP contribution in [0.3, 0.4) is 0 Å². The van der Waals surface area contributed by atoms with Crippen LogP contribution >= 0.6 is 22.9 Å². The monoisotopic (exact) mass is 346 g/mol. The molecule has 120 valence electrons. The predicted octanol–water partition coefficient (Wildman–Crippen LogP) is 4.82. The fourth-order valence-corrected chi connectivity index (χ4v) is 3.20. The summed E-state index contributed by atoms with van der Waals surface area (Å²) in [6.45, 7) is 1.47. The van der Waals surface area contributed by atoms with Gasteiger partial charge in [-0.2, -0.15) is 11.3 Å². The number of rotatable bonds is 8. The Hall–Kier alpha value is -1.62. The van der Waals surface area contributed by atoms with Crippen molar-refractivity contribution in [2.75, 3.05) is 0 Å². The Labute approximate surface area is 145 Å². The Morgan fingerprint density at radius 3 is 2.74 bits per heavy atom. The summed E-state index contributed by atoms with van der Waals surface area (Å²) in [5.74, 6) is 0. The Morgan fingerprint density at radius 1 is 1.17 bits per heavy atom. The van der Waals surface area contributed by atoms with E-state index in [0.717, 1.165) is 24.4 Å². The summed E-state index contributed by atoms with van der Waals surface area (Å²) < 4.78 is 8.21. The second-order valence-corrected chi connectivity index (χ2v) is 6.71. The zero-order valence-electron chi connectivity index (χ0n) is 12.8. The van der Waals surface area contributed by atoms with E-state index in [0.29, 0.717) is 6.61 Å². The SMILES string of the molecule is Clc1ccc(CCC(Cn2ccnc2)OCc2ccsc2)cc1. The average Bonchev–Trinajstić information content (AvgIpc) is 3.25. The first-order chi connectivity index (χ1) is 11.3. The molecule has 0 amide bonds. The lowest BCUT2D eigenvalue weighted by atomic mass is 10.1. The summed E-state index contributed by atoms with van der Waals surface area (Å²) in [6.07, 6.45) is 7.70. The van der Waals surface area contributed by atoms with Gasteiger partial charge in [0.2, 0.25) is 0 Å². The van der Waals surface area contributed by atoms with Crippen molar-refractivity contribution >= 4 is 22.9 Å². The minimum atomic E-state index is 0.153. The molecule has 0 N–H and O–H groups in total. The molecule has 1 aromatic carbocycles. The third-order valence-corrected chi connectivity index (χ3v) is 4.69. The molecular formula is C18H19ClN2OS. The molecule has 2 aromatic heterocycles. The van der Waals surface area contributed by atoms with Crippen LogP contribution in [0.1, 0.15) is 17.5 Å². The number of halogens is 1. The first-order valence-electron chi connectivity index (χ1n) is 7.62. The number of hydrogen-bond donors (Lipinski definition) is 0. The third kappa shape index (κ3) is 5.20. The maximum Gasteiger partial charge on any atom is 0.0946 e. The van der Waals surface area contributed by atoms with Crippen molar-refractivity contribution < 1.29 is 4.74 Å². The number of nitrogens with zero attached hydrogens (tertiary/aromatic N) is 2. The van der Waals surface area contributed by atoms with Crippen LogP contribution in [0.15, 0.2) is 59.8 Å². The standard InChI is InChI=1S/C18H19ClN2OS/c19-17-4-1-15(2-5-17)3-6-18(11-21-9-8-20-14-21)22-12-16-7-10-23-13-16/h1-2,4-5,7-10,13-14,18H,3,6,11-12H2. The summed E-state index contributed by atoms with van der Waals surface area (Å²) >= 11 is 7.64. The van der Waals surface area contributed by atoms with Gasteiger partial charge in [0.1, 0.15) is 0 Å². The molecule has 0 aliphatic carbocycles. The average molecular weight is 347 g/mol. The van der Waals surface area contributed by atoms with Gasteiger partial charge in [-0.05, 0) is 52.9 Å². The lowest BCUT2D eigenvalue weighted by Crippen LogP contribution is -2.20. The van der Waals surface area contributed by atoms with Crippen molar-refractivity contribution in [3.05, 3.63) is 76.0 Å². The molecule has 23 heavy (non-hydrogen) atoms. The van der Waals surface area contributed by atoms with E-state index in [1.807, 2.05) is 24.7 Å². The van der Waals surface area contributed by atoms with Gasteiger partial charge >= 0.3 is 0 Å². The van der Waals surface area contributed by atoms with Gasteiger partial charge in [0.05, 0.1) is 19.0 Å². The van der Waals surface area contributed by atoms with E-state index in [4.69, 9.17) is 16.3 Å². The van der Waals surface area contributed by atoms with E-state index < -0.39 is 0 Å². The summed E-state index contributed by atoms with van der Waals surface area (Å²) in [6, 6.07) is 10.1. The lowest BCUT2D eigenvalue weighted by molar-refractivity contribution is 0.0241. The minimum absolute atomic E-state index is 0.153. The van der Waals surface area contributed by atoms with Gasteiger partial charge in [-0.25, -0.2) is 4.98 Å². The molecule has 0 aliphatic rings. The minimum Gasteiger partial charge on any atom is -0.372 e. The largest absolute Gasteiger partial charge is 0.372 e. The maximum atomic E-state index is 6.14. The number of thiophene rings is 1. The fraction of sp³-hybridized carbons (Fsp3) is 0.278. The number of imidazole rings is 1. The van der Waals surface area contributed by atoms with Gasteiger partial charge < -0.3 is 9.30 Å². The molecular weight excluding hydrogens is 328 g/mol. The fourth-order valence-electron chi connectivity index (χ4n) is 2.42. The van der Waals surface area contributed by atoms with Gasteiger partial charge in [-0.3, -0.25) is 0 Å². The van der Waals surface area contributed by atoms with E-state index in [-0.39, 0.29) is 6.10 Å². The zero-order chi connectivity index (χ0) is 15.9. The summed E-state index contributed by atoms with van der Waals surface area (Å²) in [5, 5.41) is 4.99. The van der Waals surface area contributed by atoms with Crippen LogP contribution in [-0.2, 0) is 24.3 Å². The number of ether oxygens (including phenoxy) is 1. The lowest BCUT2D eigenvalue weighted by Gasteiger charge is -2.18. The summed E-state index contributed by atoms with van der Waals surface area (Å²) in [5.41, 5.74) is 2.52. The normalized spacial score (nSPS) is 12.4. The highest BCUT2D eigenvalue weighted by Gasteiger charge is 2.11. The highest BCUT2D eigenvalue weighted by Crippen LogP contribution is 2.15. The molecule has 0 spiro atoms. The van der Waals surface area contributed by atoms with Crippen LogP contribution in [0.2, 0.25) is 5.02 Å². The van der Waals surface area contributed by atoms with Gasteiger partial charge in [-0.15, -0.1) is 0 Å². The van der Waals surface area contributed by atoms with Crippen LogP contribution in [0.25, 0.3) is 0 Å². The van der Waals surface area contributed by atoms with Crippen LogP contribution in [-0.4, -0.2) is 15.7 Å². The highest BCUT2D eigenvalue weighted by molar-refractivity contribution is 7.07. The van der Waals surface area contributed by atoms with E-state index >= 15 is 0 Å². The number of hydrogen-bond acceptors (Lipinski definition) is 3. The molecule has 2 heterocycles. The first kappa shape index (κ1) is 16.2. The Bertz CT molecular complexity index is 680. The second-order valence-electron chi connectivity index (χ2n) is 5.49. The number of aromatic nitrogens is 2. The van der Waals surface area contributed by atoms with Crippen molar-refractivity contribution in [1.29, 1.82) is 0 Å². The first-order valence-corrected chi connectivity index (χ1v) is 8.94. The van der Waals surface area contributed by atoms with Crippen molar-refractivity contribution in [3.8, 4) is 0 Å². The van der Waals surface area contributed by atoms with Crippen molar-refractivity contribution in [2.24, 2.45) is 0 Å².